The Morgan fingerprint density at radius 2 is 1.17 bits per heavy atom. The van der Waals surface area contributed by atoms with Gasteiger partial charge in [-0.1, -0.05) is 24.3 Å². The molecule has 5 rings (SSSR count). The molecular weight excluding hydrogens is 602 g/mol. The van der Waals surface area contributed by atoms with Crippen molar-refractivity contribution < 1.29 is 48.5 Å². The highest BCUT2D eigenvalue weighted by Crippen LogP contribution is 2.44. The van der Waals surface area contributed by atoms with E-state index >= 15 is 0 Å². The van der Waals surface area contributed by atoms with Crippen molar-refractivity contribution in [2.75, 3.05) is 25.0 Å². The quantitative estimate of drug-likeness (QED) is 0.145. The molecule has 6 N–H and O–H groups in total. The number of hydrogen-bond acceptors (Lipinski definition) is 9. The minimum atomic E-state index is -5.04. The number of carbonyl (C=O) groups excluding carboxylic acids is 2. The van der Waals surface area contributed by atoms with E-state index < -0.39 is 50.9 Å². The summed E-state index contributed by atoms with van der Waals surface area (Å²) in [5.41, 5.74) is 5.37. The fourth-order valence-corrected chi connectivity index (χ4v) is 7.60. The Hall–Kier alpha value is -3.61. The van der Waals surface area contributed by atoms with Crippen molar-refractivity contribution in [1.29, 1.82) is 0 Å². The van der Waals surface area contributed by atoms with Crippen molar-refractivity contribution in [3.05, 3.63) is 36.4 Å². The number of rotatable bonds is 7. The molecular formula is C24H23N3O11S3. The van der Waals surface area contributed by atoms with E-state index in [1.54, 1.807) is 0 Å². The minimum Gasteiger partial charge on any atom is -0.376 e. The highest BCUT2D eigenvalue weighted by molar-refractivity contribution is 7.87. The fourth-order valence-electron chi connectivity index (χ4n) is 5.38. The van der Waals surface area contributed by atoms with Gasteiger partial charge in [-0.15, -0.1) is 0 Å². The average molecular weight is 626 g/mol. The molecule has 2 amide bonds. The second-order valence-electron chi connectivity index (χ2n) is 9.70. The predicted molar refractivity (Wildman–Crippen MR) is 147 cm³/mol. The van der Waals surface area contributed by atoms with Gasteiger partial charge < -0.3 is 16.0 Å². The number of hydrogen-bond donors (Lipinski definition) is 5. The first-order valence-electron chi connectivity index (χ1n) is 12.0. The fraction of sp³-hybridized carbons (Fsp3) is 0.250. The van der Waals surface area contributed by atoms with E-state index in [0.717, 1.165) is 12.1 Å². The third-order valence-electron chi connectivity index (χ3n) is 7.30. The lowest BCUT2D eigenvalue weighted by Gasteiger charge is -2.30. The summed E-state index contributed by atoms with van der Waals surface area (Å²) in [5, 5.41) is 2.45. The van der Waals surface area contributed by atoms with Crippen molar-refractivity contribution in [2.24, 2.45) is 11.7 Å². The summed E-state index contributed by atoms with van der Waals surface area (Å²) >= 11 is 0. The van der Waals surface area contributed by atoms with Crippen LogP contribution in [0.25, 0.3) is 32.3 Å². The monoisotopic (exact) mass is 625 g/mol. The van der Waals surface area contributed by atoms with Crippen LogP contribution in [0.5, 0.6) is 0 Å². The van der Waals surface area contributed by atoms with Gasteiger partial charge in [0.15, 0.2) is 0 Å². The maximum absolute atomic E-state index is 12.9. The average Bonchev–Trinajstić information content (AvgIpc) is 2.88. The molecule has 0 radical (unpaired) electrons. The topological polar surface area (TPSA) is 239 Å². The van der Waals surface area contributed by atoms with E-state index in [0.29, 0.717) is 18.9 Å². The van der Waals surface area contributed by atoms with Crippen LogP contribution in [0.2, 0.25) is 0 Å². The first-order chi connectivity index (χ1) is 19.0. The second kappa shape index (κ2) is 9.74. The van der Waals surface area contributed by atoms with Crippen LogP contribution in [0.15, 0.2) is 51.1 Å². The van der Waals surface area contributed by atoms with E-state index in [9.17, 15) is 48.5 Å². The van der Waals surface area contributed by atoms with Crippen LogP contribution in [0.1, 0.15) is 12.8 Å². The van der Waals surface area contributed by atoms with Gasteiger partial charge in [-0.05, 0) is 25.0 Å². The third kappa shape index (κ3) is 5.15. The van der Waals surface area contributed by atoms with Crippen molar-refractivity contribution in [1.82, 2.24) is 4.90 Å². The number of primary amides is 1. The van der Waals surface area contributed by atoms with Crippen LogP contribution in [-0.2, 0) is 39.9 Å². The third-order valence-corrected chi connectivity index (χ3v) is 9.98. The van der Waals surface area contributed by atoms with E-state index in [-0.39, 0.29) is 69.5 Å². The Kier molecular flexibility index (Phi) is 6.87. The molecule has 0 aliphatic carbocycles. The number of likely N-dealkylation sites (tertiary alicyclic amines) is 1. The second-order valence-corrected chi connectivity index (χ2v) is 13.9. The van der Waals surface area contributed by atoms with Gasteiger partial charge in [0.2, 0.25) is 11.8 Å². The molecule has 4 aromatic rings. The lowest BCUT2D eigenvalue weighted by atomic mass is 9.93. The Morgan fingerprint density at radius 3 is 1.61 bits per heavy atom. The zero-order valence-corrected chi connectivity index (χ0v) is 23.4. The summed E-state index contributed by atoms with van der Waals surface area (Å²) in [6.45, 7) is 0.224. The molecule has 1 aliphatic rings. The lowest BCUT2D eigenvalue weighted by Crippen LogP contribution is -2.43. The number of nitrogens with zero attached hydrogens (tertiary/aromatic N) is 1. The zero-order valence-electron chi connectivity index (χ0n) is 20.9. The van der Waals surface area contributed by atoms with E-state index in [4.69, 9.17) is 5.73 Å². The smallest absolute Gasteiger partial charge is 0.295 e. The number of nitrogens with one attached hydrogen (secondary N) is 1. The maximum Gasteiger partial charge on any atom is 0.295 e. The normalized spacial score (nSPS) is 15.6. The standard InChI is InChI=1S/C24H23N3O11S3/c25-24(29)12-5-7-27(8-6-12)21(28)11-26-17-9-18(39(30,31)32)14-3-4-16-20(41(36,37)38)10-19(40(33,34)35)15-2-1-13(17)22(14)23(15)16/h1-4,9-10,12,26H,5-8,11H2,(H2,25,29)(H,30,31,32)(H,33,34,35)(H,36,37,38). The highest BCUT2D eigenvalue weighted by atomic mass is 32.2. The van der Waals surface area contributed by atoms with Crippen LogP contribution >= 0.6 is 0 Å². The van der Waals surface area contributed by atoms with E-state index in [1.165, 1.54) is 23.1 Å². The summed E-state index contributed by atoms with van der Waals surface area (Å²) < 4.78 is 103. The Morgan fingerprint density at radius 1 is 0.756 bits per heavy atom. The molecule has 0 atom stereocenters. The van der Waals surface area contributed by atoms with Gasteiger partial charge in [0, 0.05) is 57.0 Å². The van der Waals surface area contributed by atoms with Crippen molar-refractivity contribution in [3.63, 3.8) is 0 Å². The van der Waals surface area contributed by atoms with Gasteiger partial charge in [-0.3, -0.25) is 23.2 Å². The molecule has 0 saturated carbocycles. The number of benzene rings is 4. The number of carbonyl (C=O) groups is 2. The molecule has 41 heavy (non-hydrogen) atoms. The van der Waals surface area contributed by atoms with Crippen molar-refractivity contribution >= 4 is 80.2 Å². The minimum absolute atomic E-state index is 0.0113. The molecule has 1 aliphatic heterocycles. The Balaban J connectivity index is 1.72. The van der Waals surface area contributed by atoms with Crippen molar-refractivity contribution in [2.45, 2.75) is 27.5 Å². The van der Waals surface area contributed by atoms with Gasteiger partial charge in [0.25, 0.3) is 30.4 Å². The Bertz CT molecular complexity index is 2030. The number of amides is 2. The van der Waals surface area contributed by atoms with Crippen LogP contribution in [0.3, 0.4) is 0 Å². The molecule has 1 heterocycles. The van der Waals surface area contributed by atoms with E-state index in [2.05, 4.69) is 5.32 Å². The summed E-state index contributed by atoms with van der Waals surface area (Å²) in [5.74, 6) is -1.17. The van der Waals surface area contributed by atoms with Crippen LogP contribution in [-0.4, -0.2) is 75.3 Å². The molecule has 0 aromatic heterocycles. The van der Waals surface area contributed by atoms with Crippen LogP contribution in [0.4, 0.5) is 5.69 Å². The molecule has 17 heteroatoms. The lowest BCUT2D eigenvalue weighted by molar-refractivity contribution is -0.133. The van der Waals surface area contributed by atoms with Gasteiger partial charge in [-0.25, -0.2) is 0 Å². The van der Waals surface area contributed by atoms with Crippen LogP contribution < -0.4 is 11.1 Å². The number of nitrogens with two attached hydrogens (primary N) is 1. The zero-order chi connectivity index (χ0) is 30.1. The SMILES string of the molecule is NC(=O)C1CCN(C(=O)CNc2cc(S(=O)(=O)O)c3ccc4c(S(=O)(=O)O)cc(S(=O)(=O)O)c5ccc2c3c54)CC1. The Labute approximate surface area is 233 Å². The summed E-state index contributed by atoms with van der Waals surface area (Å²) in [6.07, 6.45) is 0.776. The summed E-state index contributed by atoms with van der Waals surface area (Å²) in [6, 6.07) is 6.64. The van der Waals surface area contributed by atoms with Gasteiger partial charge >= 0.3 is 0 Å². The van der Waals surface area contributed by atoms with Gasteiger partial charge in [-0.2, -0.15) is 25.3 Å². The molecule has 14 nitrogen and oxygen atoms in total. The summed E-state index contributed by atoms with van der Waals surface area (Å²) in [4.78, 5) is 23.5. The molecule has 218 valence electrons. The predicted octanol–water partition coefficient (Wildman–Crippen LogP) is 1.46. The largest absolute Gasteiger partial charge is 0.376 e. The molecule has 4 aromatic carbocycles. The first-order valence-corrected chi connectivity index (χ1v) is 16.3. The maximum atomic E-state index is 12.9. The molecule has 1 saturated heterocycles. The highest BCUT2D eigenvalue weighted by Gasteiger charge is 2.29. The molecule has 0 unspecified atom stereocenters. The van der Waals surface area contributed by atoms with Gasteiger partial charge in [0.1, 0.15) is 14.7 Å². The van der Waals surface area contributed by atoms with E-state index in [1.807, 2.05) is 0 Å². The van der Waals surface area contributed by atoms with Crippen molar-refractivity contribution in [3.8, 4) is 0 Å². The molecule has 0 spiro atoms. The number of piperidine rings is 1. The molecule has 0 bridgehead atoms. The molecule has 1 fully saturated rings. The van der Waals surface area contributed by atoms with Gasteiger partial charge in [0.05, 0.1) is 6.54 Å². The van der Waals surface area contributed by atoms with Crippen LogP contribution in [0, 0.1) is 5.92 Å². The first kappa shape index (κ1) is 28.9. The number of anilines is 1. The summed E-state index contributed by atoms with van der Waals surface area (Å²) in [7, 11) is -15.0.